The standard InChI is InChI=1S/C22H21FN4O4S/c1-14-11-19(27(2)26-14)25-20(28)12-31-22(30)17-5-3-4-6-18(17)32-13-21(29)24-16-9-7-15(23)8-10-16/h3-11H,12-13H2,1-2H3,(H,24,29)(H,25,28). The summed E-state index contributed by atoms with van der Waals surface area (Å²) in [5, 5.41) is 9.40. The molecule has 0 atom stereocenters. The summed E-state index contributed by atoms with van der Waals surface area (Å²) in [5.41, 5.74) is 1.46. The predicted octanol–water partition coefficient (Wildman–Crippen LogP) is 3.39. The third-order valence-electron chi connectivity index (χ3n) is 4.20. The van der Waals surface area contributed by atoms with Gasteiger partial charge in [0.15, 0.2) is 6.61 Å². The van der Waals surface area contributed by atoms with Gasteiger partial charge < -0.3 is 15.4 Å². The Labute approximate surface area is 188 Å². The lowest BCUT2D eigenvalue weighted by atomic mass is 10.2. The molecule has 0 unspecified atom stereocenters. The highest BCUT2D eigenvalue weighted by molar-refractivity contribution is 8.00. The maximum absolute atomic E-state index is 13.0. The first kappa shape index (κ1) is 23.0. The van der Waals surface area contributed by atoms with Gasteiger partial charge in [-0.25, -0.2) is 9.18 Å². The molecule has 166 valence electrons. The fourth-order valence-corrected chi connectivity index (χ4v) is 3.59. The fraction of sp³-hybridized carbons (Fsp3) is 0.182. The van der Waals surface area contributed by atoms with E-state index in [9.17, 15) is 18.8 Å². The Morgan fingerprint density at radius 1 is 1.06 bits per heavy atom. The first-order valence-corrected chi connectivity index (χ1v) is 10.6. The topological polar surface area (TPSA) is 102 Å². The average Bonchev–Trinajstić information content (AvgIpc) is 3.08. The Kier molecular flexibility index (Phi) is 7.61. The van der Waals surface area contributed by atoms with Crippen LogP contribution in [0.25, 0.3) is 0 Å². The smallest absolute Gasteiger partial charge is 0.339 e. The predicted molar refractivity (Wildman–Crippen MR) is 119 cm³/mol. The van der Waals surface area contributed by atoms with Crippen molar-refractivity contribution in [1.29, 1.82) is 0 Å². The van der Waals surface area contributed by atoms with Crippen LogP contribution in [0.15, 0.2) is 59.5 Å². The van der Waals surface area contributed by atoms with Crippen LogP contribution < -0.4 is 10.6 Å². The van der Waals surface area contributed by atoms with Crippen molar-refractivity contribution < 1.29 is 23.5 Å². The van der Waals surface area contributed by atoms with Gasteiger partial charge in [-0.2, -0.15) is 5.10 Å². The summed E-state index contributed by atoms with van der Waals surface area (Å²) in [6.45, 7) is 1.33. The van der Waals surface area contributed by atoms with Gasteiger partial charge in [0.1, 0.15) is 11.6 Å². The second-order valence-corrected chi connectivity index (χ2v) is 7.78. The van der Waals surface area contributed by atoms with E-state index in [2.05, 4.69) is 15.7 Å². The number of aromatic nitrogens is 2. The van der Waals surface area contributed by atoms with Crippen LogP contribution in [-0.4, -0.2) is 39.9 Å². The van der Waals surface area contributed by atoms with Crippen LogP contribution in [0, 0.1) is 12.7 Å². The first-order chi connectivity index (χ1) is 15.3. The molecule has 10 heteroatoms. The molecule has 8 nitrogen and oxygen atoms in total. The summed E-state index contributed by atoms with van der Waals surface area (Å²) in [5.74, 6) is -1.35. The van der Waals surface area contributed by atoms with Crippen LogP contribution >= 0.6 is 11.8 Å². The van der Waals surface area contributed by atoms with Gasteiger partial charge in [-0.1, -0.05) is 12.1 Å². The van der Waals surface area contributed by atoms with Crippen molar-refractivity contribution in [2.75, 3.05) is 23.0 Å². The van der Waals surface area contributed by atoms with Crippen LogP contribution in [0.3, 0.4) is 0 Å². The van der Waals surface area contributed by atoms with Crippen molar-refractivity contribution in [2.45, 2.75) is 11.8 Å². The Morgan fingerprint density at radius 2 is 1.78 bits per heavy atom. The molecule has 0 aliphatic carbocycles. The maximum Gasteiger partial charge on any atom is 0.339 e. The summed E-state index contributed by atoms with van der Waals surface area (Å²) in [7, 11) is 1.69. The molecule has 2 amide bonds. The molecule has 0 radical (unpaired) electrons. The molecule has 2 N–H and O–H groups in total. The van der Waals surface area contributed by atoms with Crippen molar-refractivity contribution in [2.24, 2.45) is 7.05 Å². The summed E-state index contributed by atoms with van der Waals surface area (Å²) in [6, 6.07) is 13.8. The zero-order valence-corrected chi connectivity index (χ0v) is 18.2. The molecule has 3 rings (SSSR count). The summed E-state index contributed by atoms with van der Waals surface area (Å²) >= 11 is 1.15. The Morgan fingerprint density at radius 3 is 2.47 bits per heavy atom. The molecule has 0 aliphatic heterocycles. The van der Waals surface area contributed by atoms with E-state index in [-0.39, 0.29) is 17.2 Å². The van der Waals surface area contributed by atoms with Gasteiger partial charge >= 0.3 is 5.97 Å². The molecule has 3 aromatic rings. The highest BCUT2D eigenvalue weighted by Crippen LogP contribution is 2.24. The lowest BCUT2D eigenvalue weighted by Crippen LogP contribution is -2.22. The van der Waals surface area contributed by atoms with E-state index in [1.54, 1.807) is 44.3 Å². The van der Waals surface area contributed by atoms with Crippen LogP contribution in [0.1, 0.15) is 16.1 Å². The zero-order valence-electron chi connectivity index (χ0n) is 17.4. The van der Waals surface area contributed by atoms with Crippen LogP contribution in [0.5, 0.6) is 0 Å². The molecule has 0 saturated carbocycles. The van der Waals surface area contributed by atoms with Gasteiger partial charge in [0.25, 0.3) is 5.91 Å². The number of carbonyl (C=O) groups is 3. The van der Waals surface area contributed by atoms with Gasteiger partial charge in [0.05, 0.1) is 17.0 Å². The second-order valence-electron chi connectivity index (χ2n) is 6.76. The van der Waals surface area contributed by atoms with Crippen LogP contribution in [-0.2, 0) is 21.4 Å². The van der Waals surface area contributed by atoms with Crippen LogP contribution in [0.4, 0.5) is 15.9 Å². The number of carbonyl (C=O) groups excluding carboxylic acids is 3. The average molecular weight is 456 g/mol. The van der Waals surface area contributed by atoms with Gasteiger partial charge in [-0.05, 0) is 43.3 Å². The number of benzene rings is 2. The zero-order chi connectivity index (χ0) is 23.1. The van der Waals surface area contributed by atoms with E-state index < -0.39 is 24.3 Å². The molecule has 32 heavy (non-hydrogen) atoms. The lowest BCUT2D eigenvalue weighted by Gasteiger charge is -2.10. The summed E-state index contributed by atoms with van der Waals surface area (Å²) < 4.78 is 19.6. The second kappa shape index (κ2) is 10.6. The Hall–Kier alpha value is -3.66. The molecule has 1 heterocycles. The number of anilines is 2. The number of nitrogens with one attached hydrogen (secondary N) is 2. The molecule has 0 spiro atoms. The van der Waals surface area contributed by atoms with Gasteiger partial charge in [-0.15, -0.1) is 11.8 Å². The molecular weight excluding hydrogens is 435 g/mol. The monoisotopic (exact) mass is 456 g/mol. The Balaban J connectivity index is 1.53. The van der Waals surface area contributed by atoms with E-state index in [1.807, 2.05) is 0 Å². The highest BCUT2D eigenvalue weighted by atomic mass is 32.2. The minimum atomic E-state index is -0.677. The number of amides is 2. The van der Waals surface area contributed by atoms with Crippen molar-refractivity contribution in [1.82, 2.24) is 9.78 Å². The number of rotatable bonds is 8. The first-order valence-electron chi connectivity index (χ1n) is 9.56. The molecule has 0 fully saturated rings. The fourth-order valence-electron chi connectivity index (χ4n) is 2.75. The van der Waals surface area contributed by atoms with Crippen molar-refractivity contribution in [3.63, 3.8) is 0 Å². The number of thioether (sulfide) groups is 1. The van der Waals surface area contributed by atoms with Crippen molar-refractivity contribution in [3.8, 4) is 0 Å². The van der Waals surface area contributed by atoms with E-state index in [1.165, 1.54) is 28.9 Å². The number of ether oxygens (including phenoxy) is 1. The highest BCUT2D eigenvalue weighted by Gasteiger charge is 2.16. The van der Waals surface area contributed by atoms with Crippen LogP contribution in [0.2, 0.25) is 0 Å². The molecule has 2 aromatic carbocycles. The number of nitrogens with zero attached hydrogens (tertiary/aromatic N) is 2. The number of esters is 1. The van der Waals surface area contributed by atoms with Crippen molar-refractivity contribution in [3.05, 3.63) is 71.7 Å². The molecule has 1 aromatic heterocycles. The SMILES string of the molecule is Cc1cc(NC(=O)COC(=O)c2ccccc2SCC(=O)Nc2ccc(F)cc2)n(C)n1. The van der Waals surface area contributed by atoms with E-state index in [0.29, 0.717) is 16.4 Å². The molecular formula is C22H21FN4O4S. The normalized spacial score (nSPS) is 10.5. The van der Waals surface area contributed by atoms with E-state index >= 15 is 0 Å². The third kappa shape index (κ3) is 6.42. The number of halogens is 1. The third-order valence-corrected chi connectivity index (χ3v) is 5.27. The molecule has 0 saturated heterocycles. The quantitative estimate of drug-likeness (QED) is 0.398. The number of hydrogen-bond donors (Lipinski definition) is 2. The molecule has 0 bridgehead atoms. The van der Waals surface area contributed by atoms with E-state index in [0.717, 1.165) is 17.5 Å². The number of hydrogen-bond acceptors (Lipinski definition) is 6. The summed E-state index contributed by atoms with van der Waals surface area (Å²) in [6.07, 6.45) is 0. The number of aryl methyl sites for hydroxylation is 2. The summed E-state index contributed by atoms with van der Waals surface area (Å²) in [4.78, 5) is 37.3. The minimum Gasteiger partial charge on any atom is -0.452 e. The largest absolute Gasteiger partial charge is 0.452 e. The minimum absolute atomic E-state index is 0.0298. The van der Waals surface area contributed by atoms with Gasteiger partial charge in [0.2, 0.25) is 5.91 Å². The van der Waals surface area contributed by atoms with Gasteiger partial charge in [0, 0.05) is 23.7 Å². The van der Waals surface area contributed by atoms with Crippen molar-refractivity contribution >= 4 is 41.1 Å². The lowest BCUT2D eigenvalue weighted by molar-refractivity contribution is -0.119. The van der Waals surface area contributed by atoms with E-state index in [4.69, 9.17) is 4.74 Å². The maximum atomic E-state index is 13.0. The molecule has 0 aliphatic rings. The van der Waals surface area contributed by atoms with Gasteiger partial charge in [-0.3, -0.25) is 14.3 Å². The Bertz CT molecular complexity index is 1130.